The number of carboxylic acids is 1. The highest BCUT2D eigenvalue weighted by Gasteiger charge is 2.37. The van der Waals surface area contributed by atoms with E-state index in [-0.39, 0.29) is 6.42 Å². The van der Waals surface area contributed by atoms with Crippen LogP contribution in [0, 0.1) is 12.8 Å². The van der Waals surface area contributed by atoms with Gasteiger partial charge in [-0.2, -0.15) is 15.2 Å². The summed E-state index contributed by atoms with van der Waals surface area (Å²) in [5, 5.41) is 21.9. The molecule has 2 N–H and O–H groups in total. The summed E-state index contributed by atoms with van der Waals surface area (Å²) in [7, 11) is 0. The van der Waals surface area contributed by atoms with Crippen molar-refractivity contribution in [1.82, 2.24) is 10.2 Å². The van der Waals surface area contributed by atoms with E-state index in [0.29, 0.717) is 22.2 Å². The molecule has 0 aliphatic carbocycles. The molecule has 23 heavy (non-hydrogen) atoms. The second-order valence-electron chi connectivity index (χ2n) is 5.19. The number of carbonyl (C=O) groups is 2. The Balaban J connectivity index is 2.05. The molecule has 7 nitrogen and oxygen atoms in total. The van der Waals surface area contributed by atoms with Gasteiger partial charge in [0, 0.05) is 17.5 Å². The van der Waals surface area contributed by atoms with Crippen molar-refractivity contribution in [2.24, 2.45) is 11.0 Å². The third-order valence-corrected chi connectivity index (χ3v) is 3.77. The molecule has 0 bridgehead atoms. The van der Waals surface area contributed by atoms with Crippen LogP contribution in [0.2, 0.25) is 5.02 Å². The number of benzene rings is 1. The monoisotopic (exact) mass is 332 g/mol. The lowest BCUT2D eigenvalue weighted by Gasteiger charge is -2.26. The average Bonchev–Trinajstić information content (AvgIpc) is 2.94. The number of anilines is 1. The lowest BCUT2D eigenvalue weighted by atomic mass is 9.95. The third kappa shape index (κ3) is 2.95. The van der Waals surface area contributed by atoms with E-state index in [1.54, 1.807) is 37.3 Å². The number of hydrazone groups is 1. The van der Waals surface area contributed by atoms with Crippen molar-refractivity contribution in [3.05, 3.63) is 46.6 Å². The molecule has 1 aromatic heterocycles. The minimum Gasteiger partial charge on any atom is -0.481 e. The summed E-state index contributed by atoms with van der Waals surface area (Å²) in [5.74, 6) is -2.64. The van der Waals surface area contributed by atoms with Crippen LogP contribution >= 0.6 is 11.6 Å². The summed E-state index contributed by atoms with van der Waals surface area (Å²) in [6, 6.07) is 8.50. The predicted molar refractivity (Wildman–Crippen MR) is 84.5 cm³/mol. The molecule has 118 valence electrons. The van der Waals surface area contributed by atoms with Crippen LogP contribution in [0.25, 0.3) is 0 Å². The molecule has 1 aliphatic rings. The second-order valence-corrected chi connectivity index (χ2v) is 5.63. The number of aryl methyl sites for hydroxylation is 1. The van der Waals surface area contributed by atoms with Gasteiger partial charge < -0.3 is 5.11 Å². The highest BCUT2D eigenvalue weighted by atomic mass is 35.5. The number of hydrogen-bond donors (Lipinski definition) is 2. The minimum atomic E-state index is -1.19. The summed E-state index contributed by atoms with van der Waals surface area (Å²) in [6.45, 7) is 1.76. The number of rotatable bonds is 3. The maximum atomic E-state index is 12.4. The standard InChI is InChI=1S/C15H13ClN4O3/c1-8-6-13(18-17-8)20-14(21)11(15(22)23)7-12(19-20)9-2-4-10(16)5-3-9/h2-6,11H,7H2,1H3,(H,17,18)(H,22,23). The van der Waals surface area contributed by atoms with Gasteiger partial charge in [-0.15, -0.1) is 0 Å². The molecule has 1 amide bonds. The van der Waals surface area contributed by atoms with Crippen LogP contribution in [0.3, 0.4) is 0 Å². The molecular weight excluding hydrogens is 320 g/mol. The van der Waals surface area contributed by atoms with E-state index >= 15 is 0 Å². The topological polar surface area (TPSA) is 98.6 Å². The van der Waals surface area contributed by atoms with Crippen molar-refractivity contribution >= 4 is 35.0 Å². The average molecular weight is 333 g/mol. The molecule has 1 unspecified atom stereocenters. The molecule has 0 saturated heterocycles. The Labute approximate surface area is 136 Å². The molecule has 8 heteroatoms. The number of carboxylic acid groups (broad SMARTS) is 1. The molecule has 2 aromatic rings. The Bertz CT molecular complexity index is 797. The number of nitrogens with one attached hydrogen (secondary N) is 1. The van der Waals surface area contributed by atoms with E-state index in [2.05, 4.69) is 15.3 Å². The largest absolute Gasteiger partial charge is 0.481 e. The number of aliphatic carboxylic acids is 1. The minimum absolute atomic E-state index is 0.0272. The van der Waals surface area contributed by atoms with Gasteiger partial charge in [0.05, 0.1) is 11.4 Å². The zero-order valence-corrected chi connectivity index (χ0v) is 12.9. The molecule has 1 aliphatic heterocycles. The number of amides is 1. The van der Waals surface area contributed by atoms with E-state index in [9.17, 15) is 14.7 Å². The van der Waals surface area contributed by atoms with Gasteiger partial charge in [0.25, 0.3) is 5.91 Å². The first kappa shape index (κ1) is 15.2. The van der Waals surface area contributed by atoms with E-state index in [4.69, 9.17) is 11.6 Å². The molecule has 0 saturated carbocycles. The van der Waals surface area contributed by atoms with Crippen LogP contribution in [0.15, 0.2) is 35.4 Å². The first-order chi connectivity index (χ1) is 11.0. The van der Waals surface area contributed by atoms with Crippen LogP contribution < -0.4 is 5.01 Å². The van der Waals surface area contributed by atoms with E-state index < -0.39 is 17.8 Å². The number of nitrogens with zero attached hydrogens (tertiary/aromatic N) is 3. The van der Waals surface area contributed by atoms with Crippen LogP contribution in [0.1, 0.15) is 17.7 Å². The predicted octanol–water partition coefficient (Wildman–Crippen LogP) is 2.21. The number of carbonyl (C=O) groups excluding carboxylic acids is 1. The number of H-pyrrole nitrogens is 1. The fourth-order valence-corrected chi connectivity index (χ4v) is 2.46. The normalized spacial score (nSPS) is 18.0. The number of hydrogen-bond acceptors (Lipinski definition) is 4. The molecule has 3 rings (SSSR count). The summed E-state index contributed by atoms with van der Waals surface area (Å²) >= 11 is 5.87. The summed E-state index contributed by atoms with van der Waals surface area (Å²) in [6.07, 6.45) is 0.0272. The van der Waals surface area contributed by atoms with Gasteiger partial charge in [0.1, 0.15) is 5.92 Å². The smallest absolute Gasteiger partial charge is 0.316 e. The van der Waals surface area contributed by atoms with Gasteiger partial charge in [0.15, 0.2) is 5.82 Å². The van der Waals surface area contributed by atoms with Crippen molar-refractivity contribution < 1.29 is 14.7 Å². The Morgan fingerprint density at radius 1 is 1.39 bits per heavy atom. The maximum Gasteiger partial charge on any atom is 0.316 e. The lowest BCUT2D eigenvalue weighted by molar-refractivity contribution is -0.146. The van der Waals surface area contributed by atoms with Crippen molar-refractivity contribution in [1.29, 1.82) is 0 Å². The lowest BCUT2D eigenvalue weighted by Crippen LogP contribution is -2.42. The Hall–Kier alpha value is -2.67. The van der Waals surface area contributed by atoms with E-state index in [0.717, 1.165) is 10.6 Å². The molecule has 1 aromatic carbocycles. The first-order valence-electron chi connectivity index (χ1n) is 6.88. The SMILES string of the molecule is Cc1cc(N2N=C(c3ccc(Cl)cc3)CC(C(=O)O)C2=O)[nH]n1. The molecule has 0 radical (unpaired) electrons. The van der Waals surface area contributed by atoms with Crippen molar-refractivity contribution in [2.45, 2.75) is 13.3 Å². The summed E-state index contributed by atoms with van der Waals surface area (Å²) in [5.41, 5.74) is 1.89. The molecular formula is C15H13ClN4O3. The van der Waals surface area contributed by atoms with Gasteiger partial charge in [-0.25, -0.2) is 0 Å². The van der Waals surface area contributed by atoms with Crippen LogP contribution in [0.5, 0.6) is 0 Å². The molecule has 0 spiro atoms. The Kier molecular flexibility index (Phi) is 3.87. The van der Waals surface area contributed by atoms with Gasteiger partial charge >= 0.3 is 5.97 Å². The summed E-state index contributed by atoms with van der Waals surface area (Å²) in [4.78, 5) is 23.8. The summed E-state index contributed by atoms with van der Waals surface area (Å²) < 4.78 is 0. The second kappa shape index (κ2) is 5.85. The van der Waals surface area contributed by atoms with Gasteiger partial charge in [-0.1, -0.05) is 23.7 Å². The number of halogens is 1. The van der Waals surface area contributed by atoms with Gasteiger partial charge in [0.2, 0.25) is 0 Å². The van der Waals surface area contributed by atoms with Gasteiger partial charge in [-0.3, -0.25) is 14.7 Å². The van der Waals surface area contributed by atoms with Crippen LogP contribution in [-0.4, -0.2) is 32.9 Å². The highest BCUT2D eigenvalue weighted by Crippen LogP contribution is 2.25. The van der Waals surface area contributed by atoms with Crippen LogP contribution in [0.4, 0.5) is 5.82 Å². The van der Waals surface area contributed by atoms with E-state index in [1.807, 2.05) is 0 Å². The van der Waals surface area contributed by atoms with Gasteiger partial charge in [-0.05, 0) is 24.6 Å². The Morgan fingerprint density at radius 3 is 2.65 bits per heavy atom. The zero-order chi connectivity index (χ0) is 16.6. The third-order valence-electron chi connectivity index (χ3n) is 3.52. The molecule has 0 fully saturated rings. The van der Waals surface area contributed by atoms with Crippen molar-refractivity contribution in [3.63, 3.8) is 0 Å². The molecule has 1 atom stereocenters. The fraction of sp³-hybridized carbons (Fsp3) is 0.200. The molecule has 2 heterocycles. The Morgan fingerprint density at radius 2 is 2.09 bits per heavy atom. The van der Waals surface area contributed by atoms with E-state index in [1.165, 1.54) is 0 Å². The quantitative estimate of drug-likeness (QED) is 0.842. The maximum absolute atomic E-state index is 12.4. The highest BCUT2D eigenvalue weighted by molar-refractivity contribution is 6.30. The number of aromatic amines is 1. The zero-order valence-electron chi connectivity index (χ0n) is 12.2. The van der Waals surface area contributed by atoms with Crippen LogP contribution in [-0.2, 0) is 9.59 Å². The first-order valence-corrected chi connectivity index (χ1v) is 7.25. The number of aromatic nitrogens is 2. The van der Waals surface area contributed by atoms with Crippen molar-refractivity contribution in [3.8, 4) is 0 Å². The fourth-order valence-electron chi connectivity index (χ4n) is 2.34. The van der Waals surface area contributed by atoms with Crippen molar-refractivity contribution in [2.75, 3.05) is 5.01 Å².